The van der Waals surface area contributed by atoms with E-state index in [2.05, 4.69) is 21.1 Å². The molecule has 0 spiro atoms. The van der Waals surface area contributed by atoms with Crippen LogP contribution in [0.5, 0.6) is 0 Å². The van der Waals surface area contributed by atoms with Crippen molar-refractivity contribution in [2.45, 2.75) is 36.6 Å². The van der Waals surface area contributed by atoms with Crippen LogP contribution in [0.2, 0.25) is 5.02 Å². The first-order valence-electron chi connectivity index (χ1n) is 8.58. The normalized spacial score (nSPS) is 18.0. The predicted octanol–water partition coefficient (Wildman–Crippen LogP) is 4.30. The van der Waals surface area contributed by atoms with Gasteiger partial charge in [0.25, 0.3) is 0 Å². The lowest BCUT2D eigenvalue weighted by atomic mass is 10.1. The fraction of sp³-hybridized carbons (Fsp3) is 0.444. The van der Waals surface area contributed by atoms with E-state index < -0.39 is 10.0 Å². The highest BCUT2D eigenvalue weighted by atomic mass is 35.5. The molecule has 0 aliphatic carbocycles. The average molecular weight is 399 g/mol. The summed E-state index contributed by atoms with van der Waals surface area (Å²) in [5.41, 5.74) is 1.19. The summed E-state index contributed by atoms with van der Waals surface area (Å²) >= 11 is 7.50. The van der Waals surface area contributed by atoms with Gasteiger partial charge in [-0.3, -0.25) is 4.90 Å². The summed E-state index contributed by atoms with van der Waals surface area (Å²) in [6, 6.07) is 8.44. The lowest BCUT2D eigenvalue weighted by molar-refractivity contribution is 0.206. The molecule has 1 aromatic heterocycles. The number of thiophene rings is 1. The van der Waals surface area contributed by atoms with Gasteiger partial charge in [-0.25, -0.2) is 13.1 Å². The first-order chi connectivity index (χ1) is 12.1. The Morgan fingerprint density at radius 3 is 2.36 bits per heavy atom. The number of rotatable bonds is 6. The minimum Gasteiger partial charge on any atom is -0.295 e. The summed E-state index contributed by atoms with van der Waals surface area (Å²) in [5, 5.41) is 4.69. The summed E-state index contributed by atoms with van der Waals surface area (Å²) in [7, 11) is -3.54. The van der Waals surface area contributed by atoms with E-state index in [9.17, 15) is 8.42 Å². The first kappa shape index (κ1) is 18.9. The number of nitrogens with one attached hydrogen (secondary N) is 1. The van der Waals surface area contributed by atoms with Crippen LogP contribution in [-0.4, -0.2) is 33.0 Å². The van der Waals surface area contributed by atoms with Crippen molar-refractivity contribution in [3.8, 4) is 0 Å². The Morgan fingerprint density at radius 2 is 1.76 bits per heavy atom. The van der Waals surface area contributed by atoms with Crippen molar-refractivity contribution in [3.05, 3.63) is 51.7 Å². The Kier molecular flexibility index (Phi) is 6.52. The van der Waals surface area contributed by atoms with Crippen molar-refractivity contribution in [1.82, 2.24) is 9.62 Å². The molecule has 1 aromatic carbocycles. The van der Waals surface area contributed by atoms with Crippen LogP contribution in [0, 0.1) is 0 Å². The average Bonchev–Trinajstić information content (AvgIpc) is 2.98. The van der Waals surface area contributed by atoms with Crippen LogP contribution in [0.3, 0.4) is 0 Å². The molecule has 0 bridgehead atoms. The Labute approximate surface area is 158 Å². The van der Waals surface area contributed by atoms with Gasteiger partial charge >= 0.3 is 0 Å². The molecule has 1 aliphatic heterocycles. The van der Waals surface area contributed by atoms with E-state index in [1.807, 2.05) is 5.38 Å². The van der Waals surface area contributed by atoms with Crippen molar-refractivity contribution in [1.29, 1.82) is 0 Å². The lowest BCUT2D eigenvalue weighted by Gasteiger charge is -2.30. The van der Waals surface area contributed by atoms with E-state index in [4.69, 9.17) is 11.6 Å². The van der Waals surface area contributed by atoms with E-state index in [1.165, 1.54) is 43.4 Å². The van der Waals surface area contributed by atoms with Crippen LogP contribution in [0.25, 0.3) is 0 Å². The fourth-order valence-corrected chi connectivity index (χ4v) is 5.09. The molecule has 1 aliphatic rings. The SMILES string of the molecule is O=S(=O)(NC[C@@H](c1ccsc1)N1CCCCCC1)c1ccc(Cl)cc1. The van der Waals surface area contributed by atoms with Crippen LogP contribution in [0.15, 0.2) is 46.0 Å². The third-order valence-corrected chi connectivity index (χ3v) is 6.99. The Bertz CT molecular complexity index is 753. The van der Waals surface area contributed by atoms with Gasteiger partial charge in [-0.2, -0.15) is 11.3 Å². The number of likely N-dealkylation sites (tertiary alicyclic amines) is 1. The molecule has 7 heteroatoms. The molecule has 4 nitrogen and oxygen atoms in total. The number of sulfonamides is 1. The van der Waals surface area contributed by atoms with Gasteiger partial charge in [0, 0.05) is 17.6 Å². The minimum atomic E-state index is -3.54. The minimum absolute atomic E-state index is 0.0754. The fourth-order valence-electron chi connectivity index (χ4n) is 3.21. The number of nitrogens with zero attached hydrogens (tertiary/aromatic N) is 1. The molecule has 1 saturated heterocycles. The summed E-state index contributed by atoms with van der Waals surface area (Å²) in [5.74, 6) is 0. The van der Waals surface area contributed by atoms with Crippen LogP contribution in [0.1, 0.15) is 37.3 Å². The maximum Gasteiger partial charge on any atom is 0.240 e. The predicted molar refractivity (Wildman–Crippen MR) is 104 cm³/mol. The smallest absolute Gasteiger partial charge is 0.240 e. The topological polar surface area (TPSA) is 49.4 Å². The zero-order valence-electron chi connectivity index (χ0n) is 14.0. The first-order valence-corrected chi connectivity index (χ1v) is 11.4. The van der Waals surface area contributed by atoms with Gasteiger partial charge in [0.2, 0.25) is 10.0 Å². The summed E-state index contributed by atoms with van der Waals surface area (Å²) in [6.07, 6.45) is 4.85. The van der Waals surface area contributed by atoms with E-state index in [1.54, 1.807) is 23.5 Å². The van der Waals surface area contributed by atoms with Crippen molar-refractivity contribution >= 4 is 33.0 Å². The number of halogens is 1. The molecule has 0 saturated carbocycles. The molecule has 1 atom stereocenters. The molecular formula is C18H23ClN2O2S2. The summed E-state index contributed by atoms with van der Waals surface area (Å²) in [6.45, 7) is 2.41. The quantitative estimate of drug-likeness (QED) is 0.789. The zero-order chi connectivity index (χ0) is 17.7. The molecule has 25 heavy (non-hydrogen) atoms. The standard InChI is InChI=1S/C18H23ClN2O2S2/c19-16-5-7-17(8-6-16)25(22,23)20-13-18(15-9-12-24-14-15)21-10-3-1-2-4-11-21/h5-9,12,14,18,20H,1-4,10-11,13H2/t18-/m0/s1. The largest absolute Gasteiger partial charge is 0.295 e. The van der Waals surface area contributed by atoms with Crippen molar-refractivity contribution < 1.29 is 8.42 Å². The number of benzene rings is 1. The van der Waals surface area contributed by atoms with Crippen molar-refractivity contribution in [2.24, 2.45) is 0 Å². The Morgan fingerprint density at radius 1 is 1.08 bits per heavy atom. The molecule has 2 heterocycles. The van der Waals surface area contributed by atoms with Gasteiger partial charge in [-0.1, -0.05) is 24.4 Å². The second-order valence-electron chi connectivity index (χ2n) is 6.33. The number of hydrogen-bond acceptors (Lipinski definition) is 4. The highest BCUT2D eigenvalue weighted by Crippen LogP contribution is 2.26. The molecule has 0 amide bonds. The summed E-state index contributed by atoms with van der Waals surface area (Å²) < 4.78 is 28.0. The third-order valence-electron chi connectivity index (χ3n) is 4.60. The van der Waals surface area contributed by atoms with Gasteiger partial charge in [0.05, 0.1) is 4.90 Å². The zero-order valence-corrected chi connectivity index (χ0v) is 16.4. The second kappa shape index (κ2) is 8.64. The highest BCUT2D eigenvalue weighted by molar-refractivity contribution is 7.89. The molecule has 0 radical (unpaired) electrons. The number of hydrogen-bond donors (Lipinski definition) is 1. The second-order valence-corrected chi connectivity index (χ2v) is 9.31. The Hall–Kier alpha value is -0.920. The van der Waals surface area contributed by atoms with Gasteiger partial charge in [-0.15, -0.1) is 0 Å². The van der Waals surface area contributed by atoms with Gasteiger partial charge in [0.1, 0.15) is 0 Å². The van der Waals surface area contributed by atoms with E-state index in [-0.39, 0.29) is 10.9 Å². The maximum atomic E-state index is 12.6. The molecule has 1 N–H and O–H groups in total. The maximum absolute atomic E-state index is 12.6. The van der Waals surface area contributed by atoms with Crippen LogP contribution >= 0.6 is 22.9 Å². The molecule has 3 rings (SSSR count). The third kappa shape index (κ3) is 5.05. The molecule has 136 valence electrons. The Balaban J connectivity index is 1.75. The molecule has 1 fully saturated rings. The van der Waals surface area contributed by atoms with Crippen LogP contribution in [0.4, 0.5) is 0 Å². The van der Waals surface area contributed by atoms with Crippen LogP contribution in [-0.2, 0) is 10.0 Å². The molecular weight excluding hydrogens is 376 g/mol. The van der Waals surface area contributed by atoms with Gasteiger partial charge < -0.3 is 0 Å². The molecule has 0 unspecified atom stereocenters. The van der Waals surface area contributed by atoms with Gasteiger partial charge in [0.15, 0.2) is 0 Å². The van der Waals surface area contributed by atoms with Crippen molar-refractivity contribution in [2.75, 3.05) is 19.6 Å². The highest BCUT2D eigenvalue weighted by Gasteiger charge is 2.24. The lowest BCUT2D eigenvalue weighted by Crippen LogP contribution is -2.38. The summed E-state index contributed by atoms with van der Waals surface area (Å²) in [4.78, 5) is 2.66. The van der Waals surface area contributed by atoms with E-state index in [0.29, 0.717) is 11.6 Å². The van der Waals surface area contributed by atoms with E-state index >= 15 is 0 Å². The van der Waals surface area contributed by atoms with Crippen molar-refractivity contribution in [3.63, 3.8) is 0 Å². The monoisotopic (exact) mass is 398 g/mol. The molecule has 2 aromatic rings. The van der Waals surface area contributed by atoms with Gasteiger partial charge in [-0.05, 0) is 72.6 Å². The van der Waals surface area contributed by atoms with Crippen LogP contribution < -0.4 is 4.72 Å². The van der Waals surface area contributed by atoms with E-state index in [0.717, 1.165) is 13.1 Å².